The van der Waals surface area contributed by atoms with Gasteiger partial charge in [-0.1, -0.05) is 0 Å². The monoisotopic (exact) mass is 415 g/mol. The van der Waals surface area contributed by atoms with Crippen molar-refractivity contribution in [2.24, 2.45) is 5.73 Å². The molecule has 2 rings (SSSR count). The summed E-state index contributed by atoms with van der Waals surface area (Å²) in [6.45, 7) is 5.38. The fraction of sp³-hybridized carbons (Fsp3) is 0.278. The number of carbonyl (C=O) groups is 1. The molecule has 9 heteroatoms. The quantitative estimate of drug-likeness (QED) is 0.675. The molecule has 0 saturated carbocycles. The van der Waals surface area contributed by atoms with Crippen molar-refractivity contribution in [3.05, 3.63) is 59.4 Å². The van der Waals surface area contributed by atoms with Gasteiger partial charge in [-0.15, -0.1) is 12.4 Å². The molecule has 2 aromatic carbocycles. The van der Waals surface area contributed by atoms with E-state index in [1.54, 1.807) is 13.8 Å². The van der Waals surface area contributed by atoms with Gasteiger partial charge in [0.15, 0.2) is 0 Å². The van der Waals surface area contributed by atoms with Gasteiger partial charge in [-0.05, 0) is 68.8 Å². The van der Waals surface area contributed by atoms with Crippen LogP contribution in [0, 0.1) is 12.7 Å². The second-order valence-corrected chi connectivity index (χ2v) is 8.32. The van der Waals surface area contributed by atoms with Gasteiger partial charge in [-0.25, -0.2) is 12.8 Å². The molecular weight excluding hydrogens is 393 g/mol. The zero-order chi connectivity index (χ0) is 19.5. The Morgan fingerprint density at radius 3 is 2.26 bits per heavy atom. The zero-order valence-electron chi connectivity index (χ0n) is 15.2. The Labute approximate surface area is 164 Å². The fourth-order valence-electron chi connectivity index (χ4n) is 2.12. The van der Waals surface area contributed by atoms with Crippen molar-refractivity contribution in [2.75, 3.05) is 11.3 Å². The van der Waals surface area contributed by atoms with E-state index in [9.17, 15) is 17.6 Å². The third kappa shape index (κ3) is 5.92. The van der Waals surface area contributed by atoms with Crippen molar-refractivity contribution in [1.82, 2.24) is 5.32 Å². The van der Waals surface area contributed by atoms with Crippen LogP contribution in [0.25, 0.3) is 0 Å². The molecule has 148 valence electrons. The Balaban J connectivity index is 0.00000364. The Morgan fingerprint density at radius 2 is 1.74 bits per heavy atom. The molecule has 2 aromatic rings. The zero-order valence-corrected chi connectivity index (χ0v) is 16.9. The van der Waals surface area contributed by atoms with Crippen molar-refractivity contribution >= 4 is 34.0 Å². The first kappa shape index (κ1) is 22.9. The molecule has 0 atom stereocenters. The Hall–Kier alpha value is -2.16. The lowest BCUT2D eigenvalue weighted by molar-refractivity contribution is 0.0915. The SMILES string of the molecule is Cc1cc(S(=O)(=O)Nc2ccc(C(=O)NC(C)(C)CN)cc2)ccc1F.Cl. The average molecular weight is 416 g/mol. The molecular formula is C18H23ClFN3O3S. The Morgan fingerprint density at radius 1 is 1.15 bits per heavy atom. The first-order valence-corrected chi connectivity index (χ1v) is 9.44. The van der Waals surface area contributed by atoms with E-state index in [-0.39, 0.29) is 35.3 Å². The van der Waals surface area contributed by atoms with Gasteiger partial charge >= 0.3 is 0 Å². The average Bonchev–Trinajstić information content (AvgIpc) is 2.57. The summed E-state index contributed by atoms with van der Waals surface area (Å²) in [5, 5.41) is 2.79. The molecule has 27 heavy (non-hydrogen) atoms. The van der Waals surface area contributed by atoms with Gasteiger partial charge in [0.1, 0.15) is 5.82 Å². The molecule has 0 aromatic heterocycles. The molecule has 4 N–H and O–H groups in total. The number of benzene rings is 2. The summed E-state index contributed by atoms with van der Waals surface area (Å²) in [5.74, 6) is -0.774. The van der Waals surface area contributed by atoms with Gasteiger partial charge in [0.2, 0.25) is 0 Å². The van der Waals surface area contributed by atoms with E-state index < -0.39 is 21.4 Å². The van der Waals surface area contributed by atoms with Crippen molar-refractivity contribution in [3.8, 4) is 0 Å². The molecule has 0 aliphatic rings. The molecule has 0 fully saturated rings. The van der Waals surface area contributed by atoms with Crippen LogP contribution in [-0.4, -0.2) is 26.4 Å². The van der Waals surface area contributed by atoms with E-state index >= 15 is 0 Å². The maximum Gasteiger partial charge on any atom is 0.261 e. The van der Waals surface area contributed by atoms with Crippen LogP contribution >= 0.6 is 12.4 Å². The van der Waals surface area contributed by atoms with Crippen molar-refractivity contribution in [1.29, 1.82) is 0 Å². The van der Waals surface area contributed by atoms with Crippen LogP contribution in [0.1, 0.15) is 29.8 Å². The molecule has 0 radical (unpaired) electrons. The number of hydrogen-bond acceptors (Lipinski definition) is 4. The minimum absolute atomic E-state index is 0. The number of amides is 1. The van der Waals surface area contributed by atoms with Gasteiger partial charge in [-0.2, -0.15) is 0 Å². The standard InChI is InChI=1S/C18H22FN3O3S.ClH/c1-12-10-15(8-9-16(12)19)26(24,25)22-14-6-4-13(5-7-14)17(23)21-18(2,3)11-20;/h4-10,22H,11,20H2,1-3H3,(H,21,23);1H. The van der Waals surface area contributed by atoms with Crippen LogP contribution < -0.4 is 15.8 Å². The third-order valence-electron chi connectivity index (χ3n) is 3.80. The minimum atomic E-state index is -3.85. The first-order valence-electron chi connectivity index (χ1n) is 7.96. The Kier molecular flexibility index (Phi) is 7.36. The minimum Gasteiger partial charge on any atom is -0.346 e. The number of anilines is 1. The molecule has 0 heterocycles. The summed E-state index contributed by atoms with van der Waals surface area (Å²) in [5.41, 5.74) is 5.96. The van der Waals surface area contributed by atoms with Crippen molar-refractivity contribution in [3.63, 3.8) is 0 Å². The number of halogens is 2. The third-order valence-corrected chi connectivity index (χ3v) is 5.18. The highest BCUT2D eigenvalue weighted by Gasteiger charge is 2.20. The largest absolute Gasteiger partial charge is 0.346 e. The maximum absolute atomic E-state index is 13.3. The molecule has 6 nitrogen and oxygen atoms in total. The van der Waals surface area contributed by atoms with Crippen LogP contribution in [0.4, 0.5) is 10.1 Å². The maximum atomic E-state index is 13.3. The summed E-state index contributed by atoms with van der Waals surface area (Å²) in [4.78, 5) is 12.1. The first-order chi connectivity index (χ1) is 12.0. The smallest absolute Gasteiger partial charge is 0.261 e. The fourth-order valence-corrected chi connectivity index (χ4v) is 3.26. The molecule has 1 amide bonds. The van der Waals surface area contributed by atoms with E-state index in [4.69, 9.17) is 5.73 Å². The second-order valence-electron chi connectivity index (χ2n) is 6.64. The number of carbonyl (C=O) groups excluding carboxylic acids is 1. The Bertz CT molecular complexity index is 916. The summed E-state index contributed by atoms with van der Waals surface area (Å²) >= 11 is 0. The van der Waals surface area contributed by atoms with E-state index in [2.05, 4.69) is 10.0 Å². The second kappa shape index (κ2) is 8.69. The van der Waals surface area contributed by atoms with E-state index in [0.29, 0.717) is 11.3 Å². The lowest BCUT2D eigenvalue weighted by Crippen LogP contribution is -2.48. The van der Waals surface area contributed by atoms with Gasteiger partial charge in [-0.3, -0.25) is 9.52 Å². The predicted molar refractivity (Wildman–Crippen MR) is 106 cm³/mol. The number of sulfonamides is 1. The molecule has 0 aliphatic heterocycles. The van der Waals surface area contributed by atoms with Crippen LogP contribution in [0.3, 0.4) is 0 Å². The summed E-state index contributed by atoms with van der Waals surface area (Å²) in [6, 6.07) is 9.55. The number of nitrogens with one attached hydrogen (secondary N) is 2. The summed E-state index contributed by atoms with van der Waals surface area (Å²) in [6.07, 6.45) is 0. The van der Waals surface area contributed by atoms with Crippen LogP contribution in [0.2, 0.25) is 0 Å². The molecule has 0 aliphatic carbocycles. The van der Waals surface area contributed by atoms with E-state index in [1.165, 1.54) is 43.3 Å². The van der Waals surface area contributed by atoms with E-state index in [1.807, 2.05) is 0 Å². The van der Waals surface area contributed by atoms with Crippen molar-refractivity contribution in [2.45, 2.75) is 31.2 Å². The van der Waals surface area contributed by atoms with Crippen molar-refractivity contribution < 1.29 is 17.6 Å². The number of aryl methyl sites for hydroxylation is 1. The van der Waals surface area contributed by atoms with Gasteiger partial charge in [0.25, 0.3) is 15.9 Å². The number of nitrogens with two attached hydrogens (primary N) is 1. The van der Waals surface area contributed by atoms with Gasteiger partial charge in [0.05, 0.1) is 4.90 Å². The summed E-state index contributed by atoms with van der Waals surface area (Å²) < 4.78 is 40.5. The highest BCUT2D eigenvalue weighted by atomic mass is 35.5. The number of hydrogen-bond donors (Lipinski definition) is 3. The molecule has 0 unspecified atom stereocenters. The highest BCUT2D eigenvalue weighted by molar-refractivity contribution is 7.92. The van der Waals surface area contributed by atoms with Crippen LogP contribution in [0.15, 0.2) is 47.4 Å². The van der Waals surface area contributed by atoms with E-state index in [0.717, 1.165) is 6.07 Å². The number of rotatable bonds is 6. The lowest BCUT2D eigenvalue weighted by Gasteiger charge is -2.24. The lowest BCUT2D eigenvalue weighted by atomic mass is 10.1. The molecule has 0 spiro atoms. The molecule has 0 saturated heterocycles. The van der Waals surface area contributed by atoms with Crippen LogP contribution in [-0.2, 0) is 10.0 Å². The normalized spacial score (nSPS) is 11.4. The van der Waals surface area contributed by atoms with Crippen LogP contribution in [0.5, 0.6) is 0 Å². The summed E-state index contributed by atoms with van der Waals surface area (Å²) in [7, 11) is -3.85. The predicted octanol–water partition coefficient (Wildman–Crippen LogP) is 2.82. The van der Waals surface area contributed by atoms with Gasteiger partial charge < -0.3 is 11.1 Å². The topological polar surface area (TPSA) is 101 Å². The molecule has 0 bridgehead atoms. The highest BCUT2D eigenvalue weighted by Crippen LogP contribution is 2.19. The van der Waals surface area contributed by atoms with Gasteiger partial charge in [0, 0.05) is 23.3 Å².